The van der Waals surface area contributed by atoms with Gasteiger partial charge >= 0.3 is 5.97 Å². The molecular weight excluding hydrogens is 194 g/mol. The number of rotatable bonds is 2. The Morgan fingerprint density at radius 3 is 2.67 bits per heavy atom. The summed E-state index contributed by atoms with van der Waals surface area (Å²) >= 11 is 0. The Labute approximate surface area is 86.7 Å². The van der Waals surface area contributed by atoms with Crippen molar-refractivity contribution >= 4 is 22.6 Å². The fraction of sp³-hybridized carbons (Fsp3) is 0.182. The molecule has 0 aliphatic rings. The van der Waals surface area contributed by atoms with Gasteiger partial charge in [0.1, 0.15) is 5.58 Å². The first-order chi connectivity index (χ1) is 7.08. The van der Waals surface area contributed by atoms with Gasteiger partial charge in [0.2, 0.25) is 5.76 Å². The van der Waals surface area contributed by atoms with Crippen molar-refractivity contribution < 1.29 is 14.3 Å². The van der Waals surface area contributed by atoms with Crippen LogP contribution in [-0.4, -0.2) is 25.2 Å². The summed E-state index contributed by atoms with van der Waals surface area (Å²) in [6.45, 7) is 0. The lowest BCUT2D eigenvalue weighted by Crippen LogP contribution is -2.07. The van der Waals surface area contributed by atoms with Gasteiger partial charge in [-0.2, -0.15) is 0 Å². The zero-order chi connectivity index (χ0) is 11.0. The molecule has 0 unspecified atom stereocenters. The van der Waals surface area contributed by atoms with E-state index in [2.05, 4.69) is 0 Å². The first-order valence-corrected chi connectivity index (χ1v) is 4.52. The van der Waals surface area contributed by atoms with Gasteiger partial charge < -0.3 is 14.4 Å². The van der Waals surface area contributed by atoms with Gasteiger partial charge in [-0.3, -0.25) is 0 Å². The number of hydrogen-bond acceptors (Lipinski definition) is 3. The molecule has 15 heavy (non-hydrogen) atoms. The molecule has 1 heterocycles. The van der Waals surface area contributed by atoms with E-state index < -0.39 is 5.97 Å². The summed E-state index contributed by atoms with van der Waals surface area (Å²) in [6.07, 6.45) is 0. The van der Waals surface area contributed by atoms with E-state index >= 15 is 0 Å². The van der Waals surface area contributed by atoms with Crippen LogP contribution in [0.4, 0.5) is 5.69 Å². The highest BCUT2D eigenvalue weighted by Gasteiger charge is 2.10. The predicted octanol–water partition coefficient (Wildman–Crippen LogP) is 2.20. The van der Waals surface area contributed by atoms with Gasteiger partial charge in [0.25, 0.3) is 0 Å². The van der Waals surface area contributed by atoms with Crippen LogP contribution in [0.2, 0.25) is 0 Å². The van der Waals surface area contributed by atoms with Crippen LogP contribution in [0, 0.1) is 0 Å². The number of benzene rings is 1. The van der Waals surface area contributed by atoms with Gasteiger partial charge in [-0.1, -0.05) is 0 Å². The molecule has 0 bridgehead atoms. The largest absolute Gasteiger partial charge is 0.475 e. The third kappa shape index (κ3) is 1.66. The van der Waals surface area contributed by atoms with Gasteiger partial charge in [-0.05, 0) is 18.2 Å². The second-order valence-electron chi connectivity index (χ2n) is 3.53. The lowest BCUT2D eigenvalue weighted by molar-refractivity contribution is 0.0665. The van der Waals surface area contributed by atoms with E-state index in [-0.39, 0.29) is 5.76 Å². The first kappa shape index (κ1) is 9.58. The normalized spacial score (nSPS) is 10.5. The SMILES string of the molecule is CN(C)c1ccc2cc(C(=O)O)oc2c1. The summed E-state index contributed by atoms with van der Waals surface area (Å²) in [4.78, 5) is 12.6. The van der Waals surface area contributed by atoms with Gasteiger partial charge in [-0.15, -0.1) is 0 Å². The summed E-state index contributed by atoms with van der Waals surface area (Å²) in [5, 5.41) is 9.56. The van der Waals surface area contributed by atoms with E-state index in [0.29, 0.717) is 5.58 Å². The topological polar surface area (TPSA) is 53.7 Å². The van der Waals surface area contributed by atoms with Crippen molar-refractivity contribution in [3.05, 3.63) is 30.0 Å². The lowest BCUT2D eigenvalue weighted by atomic mass is 10.2. The maximum atomic E-state index is 10.7. The van der Waals surface area contributed by atoms with Crippen molar-refractivity contribution in [3.8, 4) is 0 Å². The van der Waals surface area contributed by atoms with Crippen LogP contribution in [-0.2, 0) is 0 Å². The minimum absolute atomic E-state index is 0.0269. The van der Waals surface area contributed by atoms with E-state index in [1.54, 1.807) is 0 Å². The monoisotopic (exact) mass is 205 g/mol. The van der Waals surface area contributed by atoms with Crippen LogP contribution >= 0.6 is 0 Å². The van der Waals surface area contributed by atoms with Crippen LogP contribution in [0.25, 0.3) is 11.0 Å². The van der Waals surface area contributed by atoms with Gasteiger partial charge in [-0.25, -0.2) is 4.79 Å². The van der Waals surface area contributed by atoms with Crippen molar-refractivity contribution in [1.82, 2.24) is 0 Å². The number of aromatic carboxylic acids is 1. The highest BCUT2D eigenvalue weighted by atomic mass is 16.4. The molecule has 2 aromatic rings. The molecule has 0 amide bonds. The third-order valence-corrected chi connectivity index (χ3v) is 2.23. The van der Waals surface area contributed by atoms with E-state index in [1.807, 2.05) is 37.2 Å². The summed E-state index contributed by atoms with van der Waals surface area (Å²) in [5.74, 6) is -1.07. The molecule has 0 fully saturated rings. The van der Waals surface area contributed by atoms with Crippen LogP contribution in [0.5, 0.6) is 0 Å². The maximum Gasteiger partial charge on any atom is 0.371 e. The molecule has 1 aromatic carbocycles. The number of carbonyl (C=O) groups is 1. The molecule has 0 radical (unpaired) electrons. The number of hydrogen-bond donors (Lipinski definition) is 1. The molecule has 1 aromatic heterocycles. The highest BCUT2D eigenvalue weighted by molar-refractivity contribution is 5.92. The fourth-order valence-corrected chi connectivity index (χ4v) is 1.40. The number of carboxylic acids is 1. The van der Waals surface area contributed by atoms with Crippen LogP contribution < -0.4 is 4.90 Å². The van der Waals surface area contributed by atoms with E-state index in [9.17, 15) is 4.79 Å². The van der Waals surface area contributed by atoms with Crippen molar-refractivity contribution in [3.63, 3.8) is 0 Å². The average Bonchev–Trinajstić information content (AvgIpc) is 2.59. The average molecular weight is 205 g/mol. The number of furan rings is 1. The molecule has 0 saturated heterocycles. The minimum atomic E-state index is -1.04. The molecule has 0 aliphatic heterocycles. The standard InChI is InChI=1S/C11H11NO3/c1-12(2)8-4-3-7-5-10(11(13)14)15-9(7)6-8/h3-6H,1-2H3,(H,13,14). The lowest BCUT2D eigenvalue weighted by Gasteiger charge is -2.11. The summed E-state index contributed by atoms with van der Waals surface area (Å²) in [6, 6.07) is 7.11. The number of nitrogens with zero attached hydrogens (tertiary/aromatic N) is 1. The van der Waals surface area contributed by atoms with E-state index in [1.165, 1.54) is 6.07 Å². The Balaban J connectivity index is 2.57. The van der Waals surface area contributed by atoms with Gasteiger partial charge in [0, 0.05) is 31.2 Å². The van der Waals surface area contributed by atoms with Crippen molar-refractivity contribution in [2.75, 3.05) is 19.0 Å². The van der Waals surface area contributed by atoms with Crippen molar-refractivity contribution in [1.29, 1.82) is 0 Å². The molecule has 0 aliphatic carbocycles. The molecule has 2 rings (SSSR count). The quantitative estimate of drug-likeness (QED) is 0.816. The fourth-order valence-electron chi connectivity index (χ4n) is 1.40. The number of carboxylic acid groups (broad SMARTS) is 1. The number of fused-ring (bicyclic) bond motifs is 1. The summed E-state index contributed by atoms with van der Waals surface area (Å²) in [7, 11) is 3.84. The number of anilines is 1. The Bertz CT molecular complexity index is 514. The minimum Gasteiger partial charge on any atom is -0.475 e. The molecule has 4 heteroatoms. The molecule has 0 spiro atoms. The molecule has 1 N–H and O–H groups in total. The van der Waals surface area contributed by atoms with Gasteiger partial charge in [0.05, 0.1) is 0 Å². The third-order valence-electron chi connectivity index (χ3n) is 2.23. The zero-order valence-corrected chi connectivity index (χ0v) is 8.52. The maximum absolute atomic E-state index is 10.7. The molecule has 0 saturated carbocycles. The summed E-state index contributed by atoms with van der Waals surface area (Å²) < 4.78 is 5.19. The highest BCUT2D eigenvalue weighted by Crippen LogP contribution is 2.24. The molecule has 0 atom stereocenters. The second kappa shape index (κ2) is 3.31. The van der Waals surface area contributed by atoms with E-state index in [4.69, 9.17) is 9.52 Å². The molecule has 4 nitrogen and oxygen atoms in total. The van der Waals surface area contributed by atoms with Crippen LogP contribution in [0.1, 0.15) is 10.6 Å². The zero-order valence-electron chi connectivity index (χ0n) is 8.52. The summed E-state index contributed by atoms with van der Waals surface area (Å²) in [5.41, 5.74) is 1.58. The first-order valence-electron chi connectivity index (χ1n) is 4.52. The second-order valence-corrected chi connectivity index (χ2v) is 3.53. The van der Waals surface area contributed by atoms with Crippen molar-refractivity contribution in [2.24, 2.45) is 0 Å². The van der Waals surface area contributed by atoms with Crippen molar-refractivity contribution in [2.45, 2.75) is 0 Å². The van der Waals surface area contributed by atoms with E-state index in [0.717, 1.165) is 11.1 Å². The Hall–Kier alpha value is -1.97. The molecular formula is C11H11NO3. The Morgan fingerprint density at radius 2 is 2.07 bits per heavy atom. The smallest absolute Gasteiger partial charge is 0.371 e. The Kier molecular flexibility index (Phi) is 2.11. The van der Waals surface area contributed by atoms with Crippen LogP contribution in [0.15, 0.2) is 28.7 Å². The molecule has 78 valence electrons. The van der Waals surface area contributed by atoms with Gasteiger partial charge in [0.15, 0.2) is 0 Å². The van der Waals surface area contributed by atoms with Crippen LogP contribution in [0.3, 0.4) is 0 Å². The predicted molar refractivity (Wildman–Crippen MR) is 57.5 cm³/mol. The Morgan fingerprint density at radius 1 is 1.33 bits per heavy atom.